The van der Waals surface area contributed by atoms with Crippen LogP contribution in [0.15, 0.2) is 30.4 Å². The number of hydrogen-bond donors (Lipinski definition) is 1. The molecule has 80 valence electrons. The average molecular weight is 205 g/mol. The molecule has 15 heavy (non-hydrogen) atoms. The van der Waals surface area contributed by atoms with Gasteiger partial charge in [-0.15, -0.1) is 0 Å². The number of hydrogen-bond acceptors (Lipinski definition) is 1. The molecule has 1 nitrogen and oxygen atoms in total. The number of rotatable bonds is 3. The minimum absolute atomic E-state index is 0.151. The Kier molecular flexibility index (Phi) is 3.17. The monoisotopic (exact) mass is 205 g/mol. The van der Waals surface area contributed by atoms with Crippen LogP contribution in [0.4, 0.5) is 4.39 Å². The predicted octanol–water partition coefficient (Wildman–Crippen LogP) is 2.94. The standard InChI is InChI=1S/C13H16FN/c1-10-6-7-12(14)8-11(10)9-15-13-4-2-3-5-13/h2-3,6-8,13,15H,4-5,9H2,1H3. The van der Waals surface area contributed by atoms with Gasteiger partial charge in [0.2, 0.25) is 0 Å². The van der Waals surface area contributed by atoms with Crippen molar-refractivity contribution >= 4 is 0 Å². The normalized spacial score (nSPS) is 16.1. The Hall–Kier alpha value is -1.15. The van der Waals surface area contributed by atoms with Crippen molar-refractivity contribution in [2.45, 2.75) is 32.4 Å². The van der Waals surface area contributed by atoms with Crippen LogP contribution in [0.2, 0.25) is 0 Å². The molecule has 0 spiro atoms. The molecular formula is C13H16FN. The van der Waals surface area contributed by atoms with E-state index < -0.39 is 0 Å². The van der Waals surface area contributed by atoms with E-state index in [2.05, 4.69) is 17.5 Å². The lowest BCUT2D eigenvalue weighted by Gasteiger charge is -2.13. The highest BCUT2D eigenvalue weighted by Gasteiger charge is 2.09. The fourth-order valence-electron chi connectivity index (χ4n) is 1.87. The van der Waals surface area contributed by atoms with Crippen molar-refractivity contribution in [1.82, 2.24) is 5.32 Å². The second-order valence-corrected chi connectivity index (χ2v) is 4.09. The summed E-state index contributed by atoms with van der Waals surface area (Å²) in [5, 5.41) is 3.44. The second-order valence-electron chi connectivity index (χ2n) is 4.09. The molecule has 1 aromatic carbocycles. The molecule has 0 atom stereocenters. The Labute approximate surface area is 90.0 Å². The molecule has 0 saturated carbocycles. The van der Waals surface area contributed by atoms with Gasteiger partial charge < -0.3 is 5.32 Å². The van der Waals surface area contributed by atoms with E-state index in [-0.39, 0.29) is 5.82 Å². The summed E-state index contributed by atoms with van der Waals surface area (Å²) < 4.78 is 13.0. The van der Waals surface area contributed by atoms with Crippen LogP contribution in [-0.2, 0) is 6.54 Å². The first-order valence-electron chi connectivity index (χ1n) is 5.39. The minimum Gasteiger partial charge on any atom is -0.309 e. The van der Waals surface area contributed by atoms with Gasteiger partial charge in [0.1, 0.15) is 5.82 Å². The first-order valence-corrected chi connectivity index (χ1v) is 5.39. The van der Waals surface area contributed by atoms with Gasteiger partial charge >= 0.3 is 0 Å². The zero-order chi connectivity index (χ0) is 10.7. The van der Waals surface area contributed by atoms with E-state index in [0.29, 0.717) is 6.04 Å². The maximum Gasteiger partial charge on any atom is 0.123 e. The molecule has 1 N–H and O–H groups in total. The van der Waals surface area contributed by atoms with Crippen molar-refractivity contribution < 1.29 is 4.39 Å². The number of aryl methyl sites for hydroxylation is 1. The van der Waals surface area contributed by atoms with Crippen LogP contribution in [-0.4, -0.2) is 6.04 Å². The molecule has 2 heteroatoms. The summed E-state index contributed by atoms with van der Waals surface area (Å²) in [7, 11) is 0. The second kappa shape index (κ2) is 4.58. The summed E-state index contributed by atoms with van der Waals surface area (Å²) in [6.07, 6.45) is 6.56. The van der Waals surface area contributed by atoms with Gasteiger partial charge in [-0.25, -0.2) is 4.39 Å². The SMILES string of the molecule is Cc1ccc(F)cc1CNC1CC=CC1. The van der Waals surface area contributed by atoms with Crippen LogP contribution >= 0.6 is 0 Å². The molecule has 0 amide bonds. The zero-order valence-corrected chi connectivity index (χ0v) is 8.96. The number of halogens is 1. The van der Waals surface area contributed by atoms with Crippen LogP contribution < -0.4 is 5.32 Å². The van der Waals surface area contributed by atoms with Crippen LogP contribution in [0.1, 0.15) is 24.0 Å². The maximum absolute atomic E-state index is 13.0. The zero-order valence-electron chi connectivity index (χ0n) is 8.96. The number of benzene rings is 1. The van der Waals surface area contributed by atoms with Gasteiger partial charge in [0.05, 0.1) is 0 Å². The summed E-state index contributed by atoms with van der Waals surface area (Å²) in [4.78, 5) is 0. The van der Waals surface area contributed by atoms with Crippen molar-refractivity contribution in [2.75, 3.05) is 0 Å². The van der Waals surface area contributed by atoms with E-state index in [1.54, 1.807) is 6.07 Å². The fraction of sp³-hybridized carbons (Fsp3) is 0.385. The highest BCUT2D eigenvalue weighted by molar-refractivity contribution is 5.26. The van der Waals surface area contributed by atoms with Crippen molar-refractivity contribution in [3.8, 4) is 0 Å². The highest BCUT2D eigenvalue weighted by atomic mass is 19.1. The van der Waals surface area contributed by atoms with Gasteiger partial charge in [0.25, 0.3) is 0 Å². The third-order valence-electron chi connectivity index (χ3n) is 2.90. The van der Waals surface area contributed by atoms with Gasteiger partial charge in [-0.3, -0.25) is 0 Å². The molecule has 1 aliphatic rings. The van der Waals surface area contributed by atoms with Crippen LogP contribution in [0, 0.1) is 12.7 Å². The maximum atomic E-state index is 13.0. The van der Waals surface area contributed by atoms with Crippen LogP contribution in [0.25, 0.3) is 0 Å². The van der Waals surface area contributed by atoms with Crippen LogP contribution in [0.5, 0.6) is 0 Å². The van der Waals surface area contributed by atoms with Crippen molar-refractivity contribution in [2.24, 2.45) is 0 Å². The Balaban J connectivity index is 1.95. The molecular weight excluding hydrogens is 189 g/mol. The molecule has 1 aromatic rings. The Morgan fingerprint density at radius 2 is 2.07 bits per heavy atom. The summed E-state index contributed by atoms with van der Waals surface area (Å²) >= 11 is 0. The summed E-state index contributed by atoms with van der Waals surface area (Å²) in [6, 6.07) is 5.49. The van der Waals surface area contributed by atoms with Gasteiger partial charge in [-0.05, 0) is 43.0 Å². The lowest BCUT2D eigenvalue weighted by Crippen LogP contribution is -2.26. The molecule has 0 unspecified atom stereocenters. The number of nitrogens with one attached hydrogen (secondary N) is 1. The molecule has 0 aromatic heterocycles. The van der Waals surface area contributed by atoms with E-state index in [0.717, 1.165) is 30.5 Å². The van der Waals surface area contributed by atoms with Crippen molar-refractivity contribution in [3.63, 3.8) is 0 Å². The summed E-state index contributed by atoms with van der Waals surface area (Å²) in [5.74, 6) is -0.151. The molecule has 0 fully saturated rings. The first-order chi connectivity index (χ1) is 7.25. The van der Waals surface area contributed by atoms with E-state index in [4.69, 9.17) is 0 Å². The quantitative estimate of drug-likeness (QED) is 0.748. The minimum atomic E-state index is -0.151. The van der Waals surface area contributed by atoms with Gasteiger partial charge in [-0.2, -0.15) is 0 Å². The smallest absolute Gasteiger partial charge is 0.123 e. The molecule has 0 aliphatic heterocycles. The van der Waals surface area contributed by atoms with Gasteiger partial charge in [-0.1, -0.05) is 18.2 Å². The Morgan fingerprint density at radius 3 is 2.80 bits per heavy atom. The fourth-order valence-corrected chi connectivity index (χ4v) is 1.87. The molecule has 0 radical (unpaired) electrons. The highest BCUT2D eigenvalue weighted by Crippen LogP contribution is 2.13. The molecule has 0 bridgehead atoms. The first kappa shape index (κ1) is 10.4. The third kappa shape index (κ3) is 2.66. The third-order valence-corrected chi connectivity index (χ3v) is 2.90. The molecule has 0 saturated heterocycles. The largest absolute Gasteiger partial charge is 0.309 e. The summed E-state index contributed by atoms with van der Waals surface area (Å²) in [5.41, 5.74) is 2.21. The topological polar surface area (TPSA) is 12.0 Å². The molecule has 1 aliphatic carbocycles. The predicted molar refractivity (Wildman–Crippen MR) is 60.1 cm³/mol. The van der Waals surface area contributed by atoms with E-state index in [1.165, 1.54) is 6.07 Å². The van der Waals surface area contributed by atoms with Crippen LogP contribution in [0.3, 0.4) is 0 Å². The lowest BCUT2D eigenvalue weighted by molar-refractivity contribution is 0.535. The van der Waals surface area contributed by atoms with Crippen molar-refractivity contribution in [1.29, 1.82) is 0 Å². The average Bonchev–Trinajstić information content (AvgIpc) is 2.72. The molecule has 2 rings (SSSR count). The van der Waals surface area contributed by atoms with E-state index >= 15 is 0 Å². The lowest BCUT2D eigenvalue weighted by atomic mass is 10.1. The van der Waals surface area contributed by atoms with Gasteiger partial charge in [0, 0.05) is 12.6 Å². The van der Waals surface area contributed by atoms with Crippen molar-refractivity contribution in [3.05, 3.63) is 47.3 Å². The van der Waals surface area contributed by atoms with Gasteiger partial charge in [0.15, 0.2) is 0 Å². The van der Waals surface area contributed by atoms with E-state index in [1.807, 2.05) is 13.0 Å². The molecule has 0 heterocycles. The summed E-state index contributed by atoms with van der Waals surface area (Å²) in [6.45, 7) is 2.78. The Bertz CT molecular complexity index is 363. The Morgan fingerprint density at radius 1 is 1.33 bits per heavy atom. The van der Waals surface area contributed by atoms with E-state index in [9.17, 15) is 4.39 Å².